The molecule has 0 radical (unpaired) electrons. The Bertz CT molecular complexity index is 1230. The molecule has 2 aromatic carbocycles. The number of ether oxygens (including phenoxy) is 1. The average molecular weight is 465 g/mol. The van der Waals surface area contributed by atoms with Crippen molar-refractivity contribution in [1.82, 2.24) is 9.97 Å². The number of nitrogens with zero attached hydrogens (tertiary/aromatic N) is 3. The molecule has 34 heavy (non-hydrogen) atoms. The summed E-state index contributed by atoms with van der Waals surface area (Å²) in [5, 5.41) is 14.8. The standard InChI is InChI=1S/C27H33FN4O2/c1-16(18-7-6-10-22(24(18)28)27(3,4)33)29-26-21-15-23(32-11-13-34-14-12-32)19-8-5-9-20(19)25(21)30-17(2)31-26/h6-7,10,15-16,33H,5,8-9,11-14H2,1-4H3,(H,29,30,31). The van der Waals surface area contributed by atoms with Gasteiger partial charge in [-0.1, -0.05) is 18.2 Å². The number of aromatic nitrogens is 2. The van der Waals surface area contributed by atoms with Crippen LogP contribution in [-0.2, 0) is 23.2 Å². The van der Waals surface area contributed by atoms with Crippen molar-refractivity contribution in [1.29, 1.82) is 0 Å². The molecule has 1 saturated heterocycles. The summed E-state index contributed by atoms with van der Waals surface area (Å²) in [6.45, 7) is 10.2. The smallest absolute Gasteiger partial charge is 0.138 e. The molecule has 1 atom stereocenters. The van der Waals surface area contributed by atoms with Gasteiger partial charge in [0, 0.05) is 35.3 Å². The van der Waals surface area contributed by atoms with Crippen LogP contribution in [0.1, 0.15) is 61.3 Å². The minimum absolute atomic E-state index is 0.287. The van der Waals surface area contributed by atoms with Crippen LogP contribution in [0.25, 0.3) is 10.9 Å². The number of benzene rings is 2. The Labute approximate surface area is 200 Å². The Kier molecular flexibility index (Phi) is 5.94. The van der Waals surface area contributed by atoms with E-state index < -0.39 is 5.60 Å². The van der Waals surface area contributed by atoms with Gasteiger partial charge in [0.25, 0.3) is 0 Å². The first-order chi connectivity index (χ1) is 16.2. The minimum Gasteiger partial charge on any atom is -0.386 e. The lowest BCUT2D eigenvalue weighted by Gasteiger charge is -2.31. The minimum atomic E-state index is -1.26. The topological polar surface area (TPSA) is 70.5 Å². The molecule has 1 aliphatic heterocycles. The van der Waals surface area contributed by atoms with Crippen molar-refractivity contribution in [2.24, 2.45) is 0 Å². The fourth-order valence-corrected chi connectivity index (χ4v) is 5.30. The maximum Gasteiger partial charge on any atom is 0.138 e. The zero-order valence-electron chi connectivity index (χ0n) is 20.4. The predicted octanol–water partition coefficient (Wildman–Crippen LogP) is 4.80. The lowest BCUT2D eigenvalue weighted by Crippen LogP contribution is -2.36. The molecular formula is C27H33FN4O2. The van der Waals surface area contributed by atoms with Crippen LogP contribution < -0.4 is 10.2 Å². The summed E-state index contributed by atoms with van der Waals surface area (Å²) in [6.07, 6.45) is 3.20. The van der Waals surface area contributed by atoms with E-state index in [4.69, 9.17) is 14.7 Å². The summed E-state index contributed by atoms with van der Waals surface area (Å²) in [6, 6.07) is 7.04. The Morgan fingerprint density at radius 1 is 1.15 bits per heavy atom. The van der Waals surface area contributed by atoms with Crippen molar-refractivity contribution in [3.05, 3.63) is 58.2 Å². The molecule has 2 N–H and O–H groups in total. The molecule has 1 aromatic heterocycles. The van der Waals surface area contributed by atoms with Gasteiger partial charge < -0.3 is 20.1 Å². The number of fused-ring (bicyclic) bond motifs is 3. The third-order valence-electron chi connectivity index (χ3n) is 7.01. The van der Waals surface area contributed by atoms with E-state index >= 15 is 4.39 Å². The van der Waals surface area contributed by atoms with Crippen LogP contribution in [0, 0.1) is 12.7 Å². The lowest BCUT2D eigenvalue weighted by molar-refractivity contribution is 0.0743. The molecule has 5 rings (SSSR count). The third kappa shape index (κ3) is 4.12. The summed E-state index contributed by atoms with van der Waals surface area (Å²) < 4.78 is 20.9. The van der Waals surface area contributed by atoms with E-state index in [9.17, 15) is 5.11 Å². The summed E-state index contributed by atoms with van der Waals surface area (Å²) in [5.74, 6) is 1.02. The van der Waals surface area contributed by atoms with Gasteiger partial charge in [-0.15, -0.1) is 0 Å². The normalized spacial score (nSPS) is 17.2. The van der Waals surface area contributed by atoms with E-state index in [2.05, 4.69) is 16.3 Å². The van der Waals surface area contributed by atoms with Gasteiger partial charge in [-0.25, -0.2) is 14.4 Å². The number of hydrogen-bond acceptors (Lipinski definition) is 6. The number of hydrogen-bond donors (Lipinski definition) is 2. The molecule has 0 saturated carbocycles. The Balaban J connectivity index is 1.59. The molecule has 2 aliphatic rings. The molecule has 1 unspecified atom stereocenters. The number of nitrogens with one attached hydrogen (secondary N) is 1. The van der Waals surface area contributed by atoms with Gasteiger partial charge in [0.2, 0.25) is 0 Å². The van der Waals surface area contributed by atoms with Gasteiger partial charge in [0.1, 0.15) is 17.5 Å². The van der Waals surface area contributed by atoms with E-state index in [1.54, 1.807) is 32.0 Å². The molecule has 1 aliphatic carbocycles. The second-order valence-corrected chi connectivity index (χ2v) is 9.96. The zero-order chi connectivity index (χ0) is 24.0. The highest BCUT2D eigenvalue weighted by atomic mass is 19.1. The molecule has 3 aromatic rings. The number of halogens is 1. The molecule has 0 spiro atoms. The highest BCUT2D eigenvalue weighted by molar-refractivity contribution is 5.96. The third-order valence-corrected chi connectivity index (χ3v) is 7.01. The first-order valence-corrected chi connectivity index (χ1v) is 12.2. The van der Waals surface area contributed by atoms with Crippen molar-refractivity contribution in [3.8, 4) is 0 Å². The molecule has 2 heterocycles. The van der Waals surface area contributed by atoms with Gasteiger partial charge in [-0.2, -0.15) is 0 Å². The highest BCUT2D eigenvalue weighted by Gasteiger charge is 2.27. The molecule has 0 amide bonds. The quantitative estimate of drug-likeness (QED) is 0.565. The van der Waals surface area contributed by atoms with E-state index in [-0.39, 0.29) is 17.4 Å². The number of aryl methyl sites for hydroxylation is 2. The average Bonchev–Trinajstić information content (AvgIpc) is 3.29. The summed E-state index contributed by atoms with van der Waals surface area (Å²) >= 11 is 0. The Morgan fingerprint density at radius 2 is 1.88 bits per heavy atom. The monoisotopic (exact) mass is 464 g/mol. The van der Waals surface area contributed by atoms with Crippen molar-refractivity contribution in [2.45, 2.75) is 58.6 Å². The van der Waals surface area contributed by atoms with E-state index in [0.717, 1.165) is 56.5 Å². The van der Waals surface area contributed by atoms with Crippen molar-refractivity contribution >= 4 is 22.4 Å². The van der Waals surface area contributed by atoms with Gasteiger partial charge in [-0.05, 0) is 64.2 Å². The van der Waals surface area contributed by atoms with Crippen molar-refractivity contribution in [3.63, 3.8) is 0 Å². The summed E-state index contributed by atoms with van der Waals surface area (Å²) in [4.78, 5) is 12.0. The molecule has 6 nitrogen and oxygen atoms in total. The predicted molar refractivity (Wildman–Crippen MR) is 133 cm³/mol. The fourth-order valence-electron chi connectivity index (χ4n) is 5.30. The second kappa shape index (κ2) is 8.78. The van der Waals surface area contributed by atoms with E-state index in [1.165, 1.54) is 16.8 Å². The Morgan fingerprint density at radius 3 is 2.62 bits per heavy atom. The maximum atomic E-state index is 15.4. The van der Waals surface area contributed by atoms with E-state index in [0.29, 0.717) is 17.2 Å². The Hall–Kier alpha value is -2.77. The van der Waals surface area contributed by atoms with Gasteiger partial charge in [0.15, 0.2) is 0 Å². The van der Waals surface area contributed by atoms with Crippen LogP contribution >= 0.6 is 0 Å². The molecule has 1 fully saturated rings. The first-order valence-electron chi connectivity index (χ1n) is 12.2. The molecule has 7 heteroatoms. The largest absolute Gasteiger partial charge is 0.386 e. The maximum absolute atomic E-state index is 15.4. The van der Waals surface area contributed by atoms with Gasteiger partial charge in [0.05, 0.1) is 30.4 Å². The van der Waals surface area contributed by atoms with Crippen LogP contribution in [0.3, 0.4) is 0 Å². The number of rotatable bonds is 5. The van der Waals surface area contributed by atoms with E-state index in [1.807, 2.05) is 13.8 Å². The van der Waals surface area contributed by atoms with Crippen LogP contribution in [0.4, 0.5) is 15.9 Å². The number of morpholine rings is 1. The van der Waals surface area contributed by atoms with Crippen molar-refractivity contribution < 1.29 is 14.2 Å². The van der Waals surface area contributed by atoms with Crippen LogP contribution in [0.15, 0.2) is 24.3 Å². The number of aliphatic hydroxyl groups is 1. The van der Waals surface area contributed by atoms with Crippen LogP contribution in [0.5, 0.6) is 0 Å². The van der Waals surface area contributed by atoms with Crippen molar-refractivity contribution in [2.75, 3.05) is 36.5 Å². The summed E-state index contributed by atoms with van der Waals surface area (Å²) in [7, 11) is 0. The summed E-state index contributed by atoms with van der Waals surface area (Å²) in [5.41, 5.74) is 4.49. The van der Waals surface area contributed by atoms with Gasteiger partial charge >= 0.3 is 0 Å². The second-order valence-electron chi connectivity index (χ2n) is 9.96. The number of anilines is 2. The van der Waals surface area contributed by atoms with Crippen LogP contribution in [-0.4, -0.2) is 41.4 Å². The molecule has 0 bridgehead atoms. The zero-order valence-corrected chi connectivity index (χ0v) is 20.4. The SMILES string of the molecule is Cc1nc(NC(C)c2cccc(C(C)(C)O)c2F)c2cc(N3CCOCC3)c3c(c2n1)CCC3. The van der Waals surface area contributed by atoms with Crippen LogP contribution in [0.2, 0.25) is 0 Å². The van der Waals surface area contributed by atoms with Gasteiger partial charge in [-0.3, -0.25) is 0 Å². The molecular weight excluding hydrogens is 431 g/mol. The first kappa shape index (κ1) is 23.0. The molecule has 180 valence electrons. The highest BCUT2D eigenvalue weighted by Crippen LogP contribution is 2.40. The fraction of sp³-hybridized carbons (Fsp3) is 0.481. The lowest BCUT2D eigenvalue weighted by atomic mass is 9.93.